The van der Waals surface area contributed by atoms with E-state index in [4.69, 9.17) is 4.74 Å². The third kappa shape index (κ3) is 5.87. The summed E-state index contributed by atoms with van der Waals surface area (Å²) in [6, 6.07) is 14.4. The number of carbonyl (C=O) groups is 3. The van der Waals surface area contributed by atoms with Crippen LogP contribution in [0.2, 0.25) is 0 Å². The molecule has 0 aromatic heterocycles. The maximum Gasteiger partial charge on any atom is 0.407 e. The average molecular weight is 494 g/mol. The number of carboxylic acids is 1. The molecule has 1 aliphatic carbocycles. The number of carboxylic acid groups (broad SMARTS) is 1. The molecule has 3 atom stereocenters. The highest BCUT2D eigenvalue weighted by Gasteiger charge is 2.34. The number of benzene rings is 2. The third-order valence-electron chi connectivity index (χ3n) is 7.32. The van der Waals surface area contributed by atoms with Crippen LogP contribution in [0.1, 0.15) is 55.6 Å². The van der Waals surface area contributed by atoms with Gasteiger partial charge < -0.3 is 25.8 Å². The van der Waals surface area contributed by atoms with Gasteiger partial charge in [-0.2, -0.15) is 0 Å². The van der Waals surface area contributed by atoms with Crippen molar-refractivity contribution in [2.24, 2.45) is 5.92 Å². The van der Waals surface area contributed by atoms with Gasteiger partial charge in [0.25, 0.3) is 0 Å². The van der Waals surface area contributed by atoms with Crippen molar-refractivity contribution in [2.75, 3.05) is 20.2 Å². The number of aliphatic carboxylic acids is 1. The molecule has 2 aromatic rings. The first kappa shape index (κ1) is 25.7. The van der Waals surface area contributed by atoms with Gasteiger partial charge in [-0.1, -0.05) is 67.8 Å². The van der Waals surface area contributed by atoms with E-state index in [1.165, 1.54) is 0 Å². The molecular weight excluding hydrogens is 458 g/mol. The minimum absolute atomic E-state index is 0.0784. The quantitative estimate of drug-likeness (QED) is 0.468. The Bertz CT molecular complexity index is 1040. The fraction of sp³-hybridized carbons (Fsp3) is 0.464. The summed E-state index contributed by atoms with van der Waals surface area (Å²) in [5, 5.41) is 18.2. The Kier molecular flexibility index (Phi) is 8.59. The summed E-state index contributed by atoms with van der Waals surface area (Å²) < 4.78 is 5.61. The zero-order valence-electron chi connectivity index (χ0n) is 20.7. The number of fused-ring (bicyclic) bond motifs is 3. The van der Waals surface area contributed by atoms with Crippen LogP contribution < -0.4 is 16.0 Å². The second-order valence-electron chi connectivity index (χ2n) is 9.64. The van der Waals surface area contributed by atoms with Crippen molar-refractivity contribution in [1.29, 1.82) is 0 Å². The normalized spacial score (nSPS) is 22.1. The number of amides is 2. The monoisotopic (exact) mass is 493 g/mol. The fourth-order valence-corrected chi connectivity index (χ4v) is 5.43. The molecule has 0 saturated carbocycles. The van der Waals surface area contributed by atoms with E-state index in [9.17, 15) is 19.5 Å². The molecule has 0 bridgehead atoms. The topological polar surface area (TPSA) is 117 Å². The molecule has 0 spiro atoms. The predicted octanol–water partition coefficient (Wildman–Crippen LogP) is 3.65. The molecule has 8 nitrogen and oxygen atoms in total. The lowest BCUT2D eigenvalue weighted by atomic mass is 9.88. The van der Waals surface area contributed by atoms with Crippen LogP contribution in [0.15, 0.2) is 48.5 Å². The van der Waals surface area contributed by atoms with Gasteiger partial charge in [0.1, 0.15) is 18.7 Å². The highest BCUT2D eigenvalue weighted by Crippen LogP contribution is 2.44. The van der Waals surface area contributed by atoms with Crippen molar-refractivity contribution in [3.63, 3.8) is 0 Å². The second-order valence-corrected chi connectivity index (χ2v) is 9.64. The third-order valence-corrected chi connectivity index (χ3v) is 7.32. The van der Waals surface area contributed by atoms with Crippen LogP contribution in [0.3, 0.4) is 0 Å². The molecule has 192 valence electrons. The van der Waals surface area contributed by atoms with Crippen LogP contribution in [-0.4, -0.2) is 55.4 Å². The maximum absolute atomic E-state index is 13.0. The Morgan fingerprint density at radius 2 is 1.64 bits per heavy atom. The van der Waals surface area contributed by atoms with Crippen molar-refractivity contribution < 1.29 is 24.2 Å². The van der Waals surface area contributed by atoms with Gasteiger partial charge in [0.2, 0.25) is 5.91 Å². The van der Waals surface area contributed by atoms with E-state index in [1.54, 1.807) is 0 Å². The lowest BCUT2D eigenvalue weighted by Gasteiger charge is -2.28. The molecule has 8 heteroatoms. The molecular formula is C28H35N3O5. The summed E-state index contributed by atoms with van der Waals surface area (Å²) in [5.74, 6) is -1.78. The van der Waals surface area contributed by atoms with Gasteiger partial charge in [-0.25, -0.2) is 9.59 Å². The van der Waals surface area contributed by atoms with E-state index in [0.717, 1.165) is 47.9 Å². The molecule has 36 heavy (non-hydrogen) atoms. The Morgan fingerprint density at radius 3 is 2.28 bits per heavy atom. The molecule has 2 aromatic carbocycles. The van der Waals surface area contributed by atoms with Gasteiger partial charge >= 0.3 is 12.1 Å². The Morgan fingerprint density at radius 1 is 1.00 bits per heavy atom. The number of rotatable bonds is 7. The van der Waals surface area contributed by atoms with Crippen molar-refractivity contribution in [1.82, 2.24) is 16.0 Å². The predicted molar refractivity (Wildman–Crippen MR) is 137 cm³/mol. The lowest BCUT2D eigenvalue weighted by molar-refractivity contribution is -0.144. The highest BCUT2D eigenvalue weighted by atomic mass is 16.5. The molecule has 4 rings (SSSR count). The number of ether oxygens (including phenoxy) is 1. The van der Waals surface area contributed by atoms with E-state index in [0.29, 0.717) is 19.4 Å². The number of hydrogen-bond donors (Lipinski definition) is 4. The van der Waals surface area contributed by atoms with Crippen LogP contribution in [0.4, 0.5) is 4.79 Å². The number of carbonyl (C=O) groups excluding carboxylic acids is 2. The van der Waals surface area contributed by atoms with Crippen molar-refractivity contribution in [3.8, 4) is 11.1 Å². The molecule has 1 aliphatic heterocycles. The molecule has 2 amide bonds. The van der Waals surface area contributed by atoms with Gasteiger partial charge in [-0.15, -0.1) is 0 Å². The van der Waals surface area contributed by atoms with Crippen molar-refractivity contribution >= 4 is 18.0 Å². The zero-order valence-corrected chi connectivity index (χ0v) is 20.7. The van der Waals surface area contributed by atoms with Crippen molar-refractivity contribution in [3.05, 3.63) is 59.7 Å². The lowest BCUT2D eigenvalue weighted by Crippen LogP contribution is -2.54. The summed E-state index contributed by atoms with van der Waals surface area (Å²) in [7, 11) is 1.82. The SMILES string of the molecule is CNCCC1CCCCCC(NC(=O)OCC2c3ccccc3-c3ccccc32)C(=O)NC1C(=O)O. The highest BCUT2D eigenvalue weighted by molar-refractivity contribution is 5.89. The molecule has 1 heterocycles. The van der Waals surface area contributed by atoms with E-state index in [1.807, 2.05) is 43.4 Å². The van der Waals surface area contributed by atoms with Crippen LogP contribution in [0.25, 0.3) is 11.1 Å². The minimum Gasteiger partial charge on any atom is -0.480 e. The van der Waals surface area contributed by atoms with E-state index in [2.05, 4.69) is 28.1 Å². The standard InChI is InChI=1S/C28H35N3O5/c1-29-16-15-18-9-3-2-4-14-24(26(32)31-25(18)27(33)34)30-28(35)36-17-23-21-12-7-5-10-19(21)20-11-6-8-13-22(20)23/h5-8,10-13,18,23-25,29H,2-4,9,14-17H2,1H3,(H,30,35)(H,31,32)(H,33,34). The van der Waals surface area contributed by atoms with Crippen LogP contribution in [0.5, 0.6) is 0 Å². The molecule has 1 fully saturated rings. The van der Waals surface area contributed by atoms with E-state index < -0.39 is 30.1 Å². The Hall–Kier alpha value is -3.39. The average Bonchev–Trinajstić information content (AvgIpc) is 3.20. The number of nitrogens with one attached hydrogen (secondary N) is 3. The first-order valence-electron chi connectivity index (χ1n) is 12.8. The van der Waals surface area contributed by atoms with Gasteiger partial charge in [-0.3, -0.25) is 4.79 Å². The molecule has 1 saturated heterocycles. The summed E-state index contributed by atoms with van der Waals surface area (Å²) in [6.07, 6.45) is 3.67. The summed E-state index contributed by atoms with van der Waals surface area (Å²) >= 11 is 0. The molecule has 2 aliphatic rings. The summed E-state index contributed by atoms with van der Waals surface area (Å²) in [5.41, 5.74) is 4.50. The summed E-state index contributed by atoms with van der Waals surface area (Å²) in [4.78, 5) is 37.8. The number of hydrogen-bond acceptors (Lipinski definition) is 5. The van der Waals surface area contributed by atoms with Gasteiger partial charge in [0.05, 0.1) is 0 Å². The zero-order chi connectivity index (χ0) is 25.5. The van der Waals surface area contributed by atoms with Crippen LogP contribution in [0, 0.1) is 5.92 Å². The Labute approximate surface area is 211 Å². The van der Waals surface area contributed by atoms with Crippen LogP contribution in [-0.2, 0) is 14.3 Å². The molecule has 4 N–H and O–H groups in total. The Balaban J connectivity index is 1.41. The minimum atomic E-state index is -1.05. The summed E-state index contributed by atoms with van der Waals surface area (Å²) in [6.45, 7) is 0.823. The van der Waals surface area contributed by atoms with Gasteiger partial charge in [0, 0.05) is 5.92 Å². The first-order chi connectivity index (χ1) is 17.5. The van der Waals surface area contributed by atoms with Crippen LogP contribution >= 0.6 is 0 Å². The van der Waals surface area contributed by atoms with Gasteiger partial charge in [0.15, 0.2) is 0 Å². The van der Waals surface area contributed by atoms with Gasteiger partial charge in [-0.05, 0) is 61.0 Å². The first-order valence-corrected chi connectivity index (χ1v) is 12.8. The fourth-order valence-electron chi connectivity index (χ4n) is 5.43. The molecule has 3 unspecified atom stereocenters. The van der Waals surface area contributed by atoms with E-state index in [-0.39, 0.29) is 18.4 Å². The number of alkyl carbamates (subject to hydrolysis) is 1. The molecule has 0 radical (unpaired) electrons. The van der Waals surface area contributed by atoms with Crippen molar-refractivity contribution in [2.45, 2.75) is 56.5 Å². The van der Waals surface area contributed by atoms with E-state index >= 15 is 0 Å². The smallest absolute Gasteiger partial charge is 0.407 e. The largest absolute Gasteiger partial charge is 0.480 e. The second kappa shape index (κ2) is 12.0. The maximum atomic E-state index is 13.0.